The second-order valence-corrected chi connectivity index (χ2v) is 5.99. The highest BCUT2D eigenvalue weighted by Gasteiger charge is 2.38. The zero-order chi connectivity index (χ0) is 13.3. The fourth-order valence-corrected chi connectivity index (χ4v) is 3.12. The smallest absolute Gasteiger partial charge is 0.129 e. The number of rotatable bonds is 3. The largest absolute Gasteiger partial charge is 0.392 e. The van der Waals surface area contributed by atoms with Gasteiger partial charge in [0.1, 0.15) is 11.6 Å². The van der Waals surface area contributed by atoms with E-state index < -0.39 is 17.7 Å². The molecule has 1 nitrogen and oxygen atoms in total. The molecule has 18 heavy (non-hydrogen) atoms. The third-order valence-corrected chi connectivity index (χ3v) is 4.25. The lowest BCUT2D eigenvalue weighted by molar-refractivity contribution is 0.0536. The summed E-state index contributed by atoms with van der Waals surface area (Å²) >= 11 is 0. The van der Waals surface area contributed by atoms with E-state index in [0.717, 1.165) is 25.3 Å². The Morgan fingerprint density at radius 2 is 2.11 bits per heavy atom. The molecule has 0 radical (unpaired) electrons. The number of hydrogen-bond acceptors (Lipinski definition) is 1. The van der Waals surface area contributed by atoms with E-state index in [2.05, 4.69) is 13.8 Å². The summed E-state index contributed by atoms with van der Waals surface area (Å²) in [7, 11) is 0. The molecule has 0 heterocycles. The molecule has 1 aromatic carbocycles. The first-order valence-corrected chi connectivity index (χ1v) is 6.52. The first kappa shape index (κ1) is 13.5. The van der Waals surface area contributed by atoms with Gasteiger partial charge in [0.05, 0.1) is 6.10 Å². The Bertz CT molecular complexity index is 429. The van der Waals surface area contributed by atoms with Gasteiger partial charge in [-0.1, -0.05) is 26.3 Å². The number of benzene rings is 1. The van der Waals surface area contributed by atoms with Crippen molar-refractivity contribution in [2.24, 2.45) is 11.3 Å². The van der Waals surface area contributed by atoms with Crippen molar-refractivity contribution in [2.75, 3.05) is 0 Å². The Kier molecular flexibility index (Phi) is 3.71. The second kappa shape index (κ2) is 4.96. The molecular formula is C15H20F2O. The van der Waals surface area contributed by atoms with Gasteiger partial charge in [0.2, 0.25) is 0 Å². The first-order valence-electron chi connectivity index (χ1n) is 6.52. The SMILES string of the molecule is CC1(C)CCCC1C(O)Cc1ccc(F)cc1F. The van der Waals surface area contributed by atoms with E-state index in [1.54, 1.807) is 0 Å². The van der Waals surface area contributed by atoms with E-state index in [1.807, 2.05) is 0 Å². The van der Waals surface area contributed by atoms with Gasteiger partial charge in [0.15, 0.2) is 0 Å². The average Bonchev–Trinajstić information content (AvgIpc) is 2.62. The number of aliphatic hydroxyl groups is 1. The Labute approximate surface area is 107 Å². The first-order chi connectivity index (χ1) is 8.40. The van der Waals surface area contributed by atoms with Crippen LogP contribution in [0.15, 0.2) is 18.2 Å². The minimum Gasteiger partial charge on any atom is -0.392 e. The fourth-order valence-electron chi connectivity index (χ4n) is 3.12. The summed E-state index contributed by atoms with van der Waals surface area (Å²) in [6.07, 6.45) is 2.90. The summed E-state index contributed by atoms with van der Waals surface area (Å²) in [5.74, 6) is -0.946. The van der Waals surface area contributed by atoms with Crippen molar-refractivity contribution in [3.8, 4) is 0 Å². The summed E-state index contributed by atoms with van der Waals surface area (Å²) in [5, 5.41) is 10.3. The zero-order valence-corrected chi connectivity index (χ0v) is 10.9. The molecule has 1 fully saturated rings. The topological polar surface area (TPSA) is 20.2 Å². The van der Waals surface area contributed by atoms with Gasteiger partial charge in [-0.25, -0.2) is 8.78 Å². The molecule has 2 atom stereocenters. The lowest BCUT2D eigenvalue weighted by Crippen LogP contribution is -2.31. The Morgan fingerprint density at radius 3 is 2.67 bits per heavy atom. The molecule has 0 spiro atoms. The highest BCUT2D eigenvalue weighted by atomic mass is 19.1. The van der Waals surface area contributed by atoms with Crippen LogP contribution in [0.1, 0.15) is 38.7 Å². The van der Waals surface area contributed by atoms with Gasteiger partial charge in [0.25, 0.3) is 0 Å². The minimum absolute atomic E-state index is 0.107. The number of hydrogen-bond donors (Lipinski definition) is 1. The van der Waals surface area contributed by atoms with Crippen molar-refractivity contribution >= 4 is 0 Å². The summed E-state index contributed by atoms with van der Waals surface area (Å²) in [6, 6.07) is 3.54. The molecule has 1 saturated carbocycles. The predicted molar refractivity (Wildman–Crippen MR) is 67.2 cm³/mol. The molecule has 0 bridgehead atoms. The summed E-state index contributed by atoms with van der Waals surface area (Å²) < 4.78 is 26.3. The predicted octanol–water partition coefficient (Wildman–Crippen LogP) is 3.69. The number of halogens is 2. The quantitative estimate of drug-likeness (QED) is 0.872. The molecule has 0 saturated heterocycles. The lowest BCUT2D eigenvalue weighted by Gasteiger charge is -2.31. The van der Waals surface area contributed by atoms with Crippen LogP contribution in [0, 0.1) is 23.0 Å². The Balaban J connectivity index is 2.09. The van der Waals surface area contributed by atoms with Crippen LogP contribution in [-0.2, 0) is 6.42 Å². The molecule has 2 rings (SSSR count). The zero-order valence-electron chi connectivity index (χ0n) is 10.9. The van der Waals surface area contributed by atoms with Crippen LogP contribution in [-0.4, -0.2) is 11.2 Å². The highest BCUT2D eigenvalue weighted by molar-refractivity contribution is 5.19. The highest BCUT2D eigenvalue weighted by Crippen LogP contribution is 2.44. The van der Waals surface area contributed by atoms with Crippen LogP contribution < -0.4 is 0 Å². The van der Waals surface area contributed by atoms with E-state index in [-0.39, 0.29) is 17.8 Å². The van der Waals surface area contributed by atoms with Gasteiger partial charge in [-0.2, -0.15) is 0 Å². The van der Waals surface area contributed by atoms with E-state index in [9.17, 15) is 13.9 Å². The van der Waals surface area contributed by atoms with Gasteiger partial charge in [-0.05, 0) is 35.8 Å². The molecule has 0 aliphatic heterocycles. The van der Waals surface area contributed by atoms with Gasteiger partial charge in [0, 0.05) is 12.5 Å². The van der Waals surface area contributed by atoms with Crippen molar-refractivity contribution < 1.29 is 13.9 Å². The summed E-state index contributed by atoms with van der Waals surface area (Å²) in [6.45, 7) is 4.30. The molecule has 3 heteroatoms. The van der Waals surface area contributed by atoms with Crippen molar-refractivity contribution in [2.45, 2.75) is 45.6 Å². The Hall–Kier alpha value is -0.960. The monoisotopic (exact) mass is 254 g/mol. The van der Waals surface area contributed by atoms with Crippen LogP contribution in [0.2, 0.25) is 0 Å². The molecule has 2 unspecified atom stereocenters. The minimum atomic E-state index is -0.577. The van der Waals surface area contributed by atoms with Crippen molar-refractivity contribution in [1.82, 2.24) is 0 Å². The van der Waals surface area contributed by atoms with Gasteiger partial charge in [-0.3, -0.25) is 0 Å². The van der Waals surface area contributed by atoms with Crippen LogP contribution in [0.3, 0.4) is 0 Å². The fraction of sp³-hybridized carbons (Fsp3) is 0.600. The van der Waals surface area contributed by atoms with Crippen LogP contribution in [0.5, 0.6) is 0 Å². The normalized spacial score (nSPS) is 24.2. The molecule has 1 aromatic rings. The number of aliphatic hydroxyl groups excluding tert-OH is 1. The van der Waals surface area contributed by atoms with Crippen molar-refractivity contribution in [3.05, 3.63) is 35.4 Å². The lowest BCUT2D eigenvalue weighted by atomic mass is 9.77. The molecule has 1 N–H and O–H groups in total. The third kappa shape index (κ3) is 2.72. The Morgan fingerprint density at radius 1 is 1.39 bits per heavy atom. The van der Waals surface area contributed by atoms with Gasteiger partial charge < -0.3 is 5.11 Å². The average molecular weight is 254 g/mol. The van der Waals surface area contributed by atoms with Crippen LogP contribution in [0.25, 0.3) is 0 Å². The van der Waals surface area contributed by atoms with Crippen LogP contribution in [0.4, 0.5) is 8.78 Å². The molecule has 1 aliphatic rings. The molecule has 0 amide bonds. The molecule has 0 aromatic heterocycles. The van der Waals surface area contributed by atoms with E-state index >= 15 is 0 Å². The maximum absolute atomic E-state index is 13.5. The van der Waals surface area contributed by atoms with Crippen molar-refractivity contribution in [1.29, 1.82) is 0 Å². The second-order valence-electron chi connectivity index (χ2n) is 5.99. The standard InChI is InChI=1S/C15H20F2O/c1-15(2)7-3-4-12(15)14(18)8-10-5-6-11(16)9-13(10)17/h5-6,9,12,14,18H,3-4,7-8H2,1-2H3. The van der Waals surface area contributed by atoms with Gasteiger partial charge in [-0.15, -0.1) is 0 Å². The van der Waals surface area contributed by atoms with E-state index in [4.69, 9.17) is 0 Å². The van der Waals surface area contributed by atoms with E-state index in [0.29, 0.717) is 5.56 Å². The third-order valence-electron chi connectivity index (χ3n) is 4.25. The maximum Gasteiger partial charge on any atom is 0.129 e. The van der Waals surface area contributed by atoms with Gasteiger partial charge >= 0.3 is 0 Å². The molecular weight excluding hydrogens is 234 g/mol. The summed E-state index contributed by atoms with van der Waals surface area (Å²) in [5.41, 5.74) is 0.502. The van der Waals surface area contributed by atoms with E-state index in [1.165, 1.54) is 12.1 Å². The van der Waals surface area contributed by atoms with Crippen molar-refractivity contribution in [3.63, 3.8) is 0 Å². The maximum atomic E-state index is 13.5. The molecule has 100 valence electrons. The molecule has 1 aliphatic carbocycles. The summed E-state index contributed by atoms with van der Waals surface area (Å²) in [4.78, 5) is 0. The van der Waals surface area contributed by atoms with Crippen LogP contribution >= 0.6 is 0 Å².